The van der Waals surface area contributed by atoms with Crippen LogP contribution in [0, 0.1) is 0 Å². The van der Waals surface area contributed by atoms with Crippen molar-refractivity contribution >= 4 is 14.0 Å². The van der Waals surface area contributed by atoms with Crippen molar-refractivity contribution in [1.82, 2.24) is 10.3 Å². The van der Waals surface area contributed by atoms with Gasteiger partial charge >= 0.3 is 0 Å². The smallest absolute Gasteiger partial charge is 0.258 e. The van der Waals surface area contributed by atoms with Gasteiger partial charge in [0.15, 0.2) is 0 Å². The number of hydrogen-bond donors (Lipinski definition) is 2. The van der Waals surface area contributed by atoms with Crippen molar-refractivity contribution in [3.05, 3.63) is 42.1 Å². The molecule has 0 fully saturated rings. The number of hydrogen-bond acceptors (Lipinski definition) is 4. The van der Waals surface area contributed by atoms with Crippen LogP contribution in [0.5, 0.6) is 11.5 Å². The van der Waals surface area contributed by atoms with Crippen LogP contribution in [0.2, 0.25) is 16.6 Å². The first-order valence-electron chi connectivity index (χ1n) is 12.7. The van der Waals surface area contributed by atoms with Crippen LogP contribution in [0.15, 0.2) is 36.4 Å². The minimum atomic E-state index is -2.10. The molecule has 0 radical (unpaired) electrons. The van der Waals surface area contributed by atoms with Gasteiger partial charge in [0, 0.05) is 30.5 Å². The van der Waals surface area contributed by atoms with Crippen LogP contribution in [-0.4, -0.2) is 39.2 Å². The van der Waals surface area contributed by atoms with Gasteiger partial charge in [0.2, 0.25) is 0 Å². The van der Waals surface area contributed by atoms with Gasteiger partial charge in [-0.15, -0.1) is 0 Å². The van der Waals surface area contributed by atoms with E-state index in [0.717, 1.165) is 34.9 Å². The van der Waals surface area contributed by atoms with E-state index in [9.17, 15) is 0 Å². The highest BCUT2D eigenvalue weighted by Gasteiger charge is 2.47. The molecule has 2 N–H and O–H groups in total. The Morgan fingerprint density at radius 2 is 1.53 bits per heavy atom. The summed E-state index contributed by atoms with van der Waals surface area (Å²) in [6.07, 6.45) is 3.26. The van der Waals surface area contributed by atoms with E-state index in [2.05, 4.69) is 95.2 Å². The van der Waals surface area contributed by atoms with E-state index in [0.29, 0.717) is 29.3 Å². The molecule has 188 valence electrons. The van der Waals surface area contributed by atoms with Gasteiger partial charge in [-0.3, -0.25) is 0 Å². The van der Waals surface area contributed by atoms with E-state index in [1.165, 1.54) is 5.70 Å². The predicted octanol–water partition coefficient (Wildman–Crippen LogP) is 7.37. The zero-order chi connectivity index (χ0) is 25.0. The summed E-state index contributed by atoms with van der Waals surface area (Å²) < 4.78 is 18.6. The van der Waals surface area contributed by atoms with Crippen LogP contribution in [-0.2, 0) is 4.74 Å². The van der Waals surface area contributed by atoms with Gasteiger partial charge in [-0.05, 0) is 61.2 Å². The molecule has 1 aliphatic heterocycles. The second-order valence-corrected chi connectivity index (χ2v) is 16.1. The average molecular weight is 485 g/mol. The Bertz CT molecular complexity index is 958. The molecule has 2 aromatic rings. The lowest BCUT2D eigenvalue weighted by Crippen LogP contribution is -2.50. The fourth-order valence-electron chi connectivity index (χ4n) is 5.50. The van der Waals surface area contributed by atoms with Crippen LogP contribution < -0.4 is 14.5 Å². The second kappa shape index (κ2) is 11.0. The molecule has 5 nitrogen and oxygen atoms in total. The lowest BCUT2D eigenvalue weighted by Gasteiger charge is -2.42. The molecule has 0 spiro atoms. The summed E-state index contributed by atoms with van der Waals surface area (Å²) in [7, 11) is -0.403. The monoisotopic (exact) mass is 484 g/mol. The normalized spacial score (nSPS) is 17.3. The number of aromatic amines is 1. The van der Waals surface area contributed by atoms with E-state index in [-0.39, 0.29) is 6.10 Å². The molecule has 34 heavy (non-hydrogen) atoms. The molecule has 0 amide bonds. The third kappa shape index (κ3) is 5.72. The fraction of sp³-hybridized carbons (Fsp3) is 0.571. The SMILES string of the molecule is COC[C@H](C)Oc1cc(O[Si](C(C)C)(C(C)C)C(C)C)cc(-c2ccc(C3=CC[C@H](C)N3)[nH]2)c1. The van der Waals surface area contributed by atoms with Crippen molar-refractivity contribution in [1.29, 1.82) is 0 Å². The molecular weight excluding hydrogens is 440 g/mol. The standard InChI is InChI=1S/C28H44N2O3Si/c1-18(2)34(19(3)4,20(5)6)33-25-15-23(14-24(16-25)32-22(8)17-31-9)26-12-13-28(30-26)27-11-10-21(7)29-27/h11-16,18-22,29-30H,10,17H2,1-9H3/t21-,22-/m0/s1. The lowest BCUT2D eigenvalue weighted by atomic mass is 10.1. The minimum Gasteiger partial charge on any atom is -0.543 e. The zero-order valence-corrected chi connectivity index (χ0v) is 23.5. The van der Waals surface area contributed by atoms with Crippen LogP contribution >= 0.6 is 0 Å². The molecule has 0 aliphatic carbocycles. The van der Waals surface area contributed by atoms with Crippen molar-refractivity contribution in [3.8, 4) is 22.8 Å². The van der Waals surface area contributed by atoms with Gasteiger partial charge in [-0.2, -0.15) is 0 Å². The van der Waals surface area contributed by atoms with Crippen LogP contribution in [0.4, 0.5) is 0 Å². The van der Waals surface area contributed by atoms with Gasteiger partial charge in [0.1, 0.15) is 17.6 Å². The first kappa shape index (κ1) is 26.4. The second-order valence-electron chi connectivity index (χ2n) is 10.7. The molecule has 0 bridgehead atoms. The molecule has 6 heteroatoms. The molecule has 2 atom stereocenters. The first-order valence-corrected chi connectivity index (χ1v) is 14.9. The number of ether oxygens (including phenoxy) is 2. The molecule has 0 saturated carbocycles. The van der Waals surface area contributed by atoms with Crippen molar-refractivity contribution in [3.63, 3.8) is 0 Å². The molecule has 0 unspecified atom stereocenters. The summed E-state index contributed by atoms with van der Waals surface area (Å²) in [6.45, 7) is 18.6. The van der Waals surface area contributed by atoms with Crippen LogP contribution in [0.3, 0.4) is 0 Å². The third-order valence-corrected chi connectivity index (χ3v) is 13.0. The van der Waals surface area contributed by atoms with Gasteiger partial charge in [0.25, 0.3) is 8.32 Å². The van der Waals surface area contributed by atoms with E-state index in [4.69, 9.17) is 13.9 Å². The van der Waals surface area contributed by atoms with Crippen molar-refractivity contribution < 1.29 is 13.9 Å². The maximum Gasteiger partial charge on any atom is 0.258 e. The summed E-state index contributed by atoms with van der Waals surface area (Å²) in [5.74, 6) is 1.70. The number of nitrogens with one attached hydrogen (secondary N) is 2. The minimum absolute atomic E-state index is 0.0519. The van der Waals surface area contributed by atoms with Crippen molar-refractivity contribution in [2.45, 2.75) is 90.6 Å². The number of benzene rings is 1. The average Bonchev–Trinajstić information content (AvgIpc) is 3.40. The topological polar surface area (TPSA) is 55.5 Å². The summed E-state index contributed by atoms with van der Waals surface area (Å²) in [4.78, 5) is 3.60. The van der Waals surface area contributed by atoms with E-state index in [1.54, 1.807) is 7.11 Å². The fourth-order valence-corrected chi connectivity index (χ4v) is 10.7. The van der Waals surface area contributed by atoms with Crippen LogP contribution in [0.1, 0.15) is 67.5 Å². The van der Waals surface area contributed by atoms with E-state index in [1.807, 2.05) is 6.92 Å². The summed E-state index contributed by atoms with van der Waals surface area (Å²) >= 11 is 0. The highest BCUT2D eigenvalue weighted by molar-refractivity contribution is 6.78. The molecule has 3 rings (SSSR count). The Hall–Kier alpha value is -2.18. The van der Waals surface area contributed by atoms with Crippen LogP contribution in [0.25, 0.3) is 17.0 Å². The maximum absolute atomic E-state index is 7.04. The maximum atomic E-state index is 7.04. The summed E-state index contributed by atoms with van der Waals surface area (Å²) in [5.41, 5.74) is 5.87. The molecular formula is C28H44N2O3Si. The first-order chi connectivity index (χ1) is 16.1. The number of H-pyrrole nitrogens is 1. The van der Waals surface area contributed by atoms with Crippen molar-refractivity contribution in [2.75, 3.05) is 13.7 Å². The quantitative estimate of drug-likeness (QED) is 0.327. The Kier molecular flexibility index (Phi) is 8.58. The Morgan fingerprint density at radius 3 is 2.09 bits per heavy atom. The van der Waals surface area contributed by atoms with Gasteiger partial charge in [0.05, 0.1) is 18.0 Å². The Balaban J connectivity index is 2.01. The molecule has 1 aromatic carbocycles. The van der Waals surface area contributed by atoms with E-state index >= 15 is 0 Å². The van der Waals surface area contributed by atoms with Gasteiger partial charge < -0.3 is 24.2 Å². The molecule has 2 heterocycles. The number of methoxy groups -OCH3 is 1. The van der Waals surface area contributed by atoms with Crippen molar-refractivity contribution in [2.24, 2.45) is 0 Å². The number of rotatable bonds is 11. The highest BCUT2D eigenvalue weighted by Crippen LogP contribution is 2.44. The zero-order valence-electron chi connectivity index (χ0n) is 22.5. The lowest BCUT2D eigenvalue weighted by molar-refractivity contribution is 0.0920. The molecule has 1 aromatic heterocycles. The molecule has 1 aliphatic rings. The third-order valence-electron chi connectivity index (χ3n) is 6.99. The highest BCUT2D eigenvalue weighted by atomic mass is 28.4. The summed E-state index contributed by atoms with van der Waals surface area (Å²) in [5, 5.41) is 3.54. The number of aromatic nitrogens is 1. The van der Waals surface area contributed by atoms with E-state index < -0.39 is 8.32 Å². The van der Waals surface area contributed by atoms with Gasteiger partial charge in [-0.1, -0.05) is 47.6 Å². The predicted molar refractivity (Wildman–Crippen MR) is 145 cm³/mol. The summed E-state index contributed by atoms with van der Waals surface area (Å²) in [6, 6.07) is 11.1. The molecule has 0 saturated heterocycles. The Labute approximate surface area is 207 Å². The Morgan fingerprint density at radius 1 is 0.912 bits per heavy atom. The van der Waals surface area contributed by atoms with Gasteiger partial charge in [-0.25, -0.2) is 0 Å². The largest absolute Gasteiger partial charge is 0.543 e.